The minimum Gasteiger partial charge on any atom is -0.490 e. The van der Waals surface area contributed by atoms with Crippen LogP contribution >= 0.6 is 23.5 Å². The van der Waals surface area contributed by atoms with Crippen LogP contribution < -0.4 is 15.5 Å². The maximum absolute atomic E-state index is 7.51. The molecular weight excluding hydrogens is 927 g/mol. The molecule has 9 aliphatic rings. The number of hydrogen-bond donors (Lipinski definition) is 2. The average Bonchev–Trinajstić information content (AvgIpc) is 3.46. The number of para-hydroxylation sites is 1. The molecule has 8 heterocycles. The zero-order valence-corrected chi connectivity index (χ0v) is 42.8. The van der Waals surface area contributed by atoms with E-state index in [4.69, 9.17) is 9.84 Å². The number of aryl methyl sites for hydroxylation is 1. The number of nitrogens with zero attached hydrogens (tertiary/aromatic N) is 7. The molecule has 72 heavy (non-hydrogen) atoms. The maximum atomic E-state index is 7.51. The molecule has 2 N–H and O–H groups in total. The molecule has 0 bridgehead atoms. The first kappa shape index (κ1) is 45.4. The number of benzene rings is 4. The van der Waals surface area contributed by atoms with Crippen molar-refractivity contribution >= 4 is 34.8 Å². The number of hydrazine groups is 2. The Labute approximate surface area is 433 Å². The fourth-order valence-corrected chi connectivity index (χ4v) is 17.2. The van der Waals surface area contributed by atoms with Crippen LogP contribution in [0.1, 0.15) is 111 Å². The number of anilines is 1. The number of hydrogen-bond acceptors (Lipinski definition) is 12. The van der Waals surface area contributed by atoms with E-state index in [0.717, 1.165) is 70.4 Å². The van der Waals surface area contributed by atoms with E-state index in [0.29, 0.717) is 17.9 Å². The van der Waals surface area contributed by atoms with Crippen molar-refractivity contribution in [3.63, 3.8) is 0 Å². The Morgan fingerprint density at radius 2 is 1.53 bits per heavy atom. The maximum Gasteiger partial charge on any atom is 0.166 e. The van der Waals surface area contributed by atoms with Gasteiger partial charge in [-0.05, 0) is 165 Å². The van der Waals surface area contributed by atoms with Crippen molar-refractivity contribution in [1.29, 1.82) is 0 Å². The highest BCUT2D eigenvalue weighted by molar-refractivity contribution is 8.05. The third-order valence-electron chi connectivity index (χ3n) is 17.7. The molecule has 5 aromatic rings. The zero-order valence-electron chi connectivity index (χ0n) is 41.1. The highest BCUT2D eigenvalue weighted by atomic mass is 32.2. The number of rotatable bonds is 7. The quantitative estimate of drug-likeness (QED) is 0.149. The second-order valence-corrected chi connectivity index (χ2v) is 23.5. The lowest BCUT2D eigenvalue weighted by Gasteiger charge is -2.69. The first-order valence-corrected chi connectivity index (χ1v) is 28.8. The molecule has 0 spiro atoms. The van der Waals surface area contributed by atoms with Crippen molar-refractivity contribution < 1.29 is 4.74 Å². The molecule has 368 valence electrons. The summed E-state index contributed by atoms with van der Waals surface area (Å²) in [7, 11) is 0. The summed E-state index contributed by atoms with van der Waals surface area (Å²) in [6.45, 7) is 3.61. The van der Waals surface area contributed by atoms with Crippen molar-refractivity contribution in [2.45, 2.75) is 139 Å². The number of aromatic nitrogens is 3. The van der Waals surface area contributed by atoms with Gasteiger partial charge in [-0.2, -0.15) is 5.01 Å². The average molecular weight is 992 g/mol. The monoisotopic (exact) mass is 991 g/mol. The van der Waals surface area contributed by atoms with E-state index in [2.05, 4.69) is 162 Å². The van der Waals surface area contributed by atoms with E-state index >= 15 is 0 Å². The van der Waals surface area contributed by atoms with Gasteiger partial charge in [0.2, 0.25) is 0 Å². The van der Waals surface area contributed by atoms with Gasteiger partial charge < -0.3 is 15.0 Å². The van der Waals surface area contributed by atoms with E-state index in [1.807, 2.05) is 36.0 Å². The summed E-state index contributed by atoms with van der Waals surface area (Å²) in [4.78, 5) is 8.03. The molecule has 14 rings (SSSR count). The molecule has 1 aromatic heterocycles. The second kappa shape index (κ2) is 19.2. The van der Waals surface area contributed by atoms with E-state index < -0.39 is 11.8 Å². The van der Waals surface area contributed by atoms with Crippen LogP contribution in [0.25, 0.3) is 5.57 Å². The third-order valence-corrected chi connectivity index (χ3v) is 20.3. The van der Waals surface area contributed by atoms with E-state index in [1.54, 1.807) is 5.57 Å². The lowest BCUT2D eigenvalue weighted by molar-refractivity contribution is -0.285. The Hall–Kier alpha value is -5.21. The van der Waals surface area contributed by atoms with Crippen LogP contribution in [-0.4, -0.2) is 80.6 Å². The molecular formula is C60H65N9OS2. The fraction of sp³-hybridized carbons (Fsp3) is 0.417. The van der Waals surface area contributed by atoms with Crippen LogP contribution in [0.4, 0.5) is 5.69 Å². The number of piperidine rings is 2. The highest BCUT2D eigenvalue weighted by Gasteiger charge is 2.67. The van der Waals surface area contributed by atoms with Gasteiger partial charge in [0.05, 0.1) is 35.8 Å². The first-order chi connectivity index (χ1) is 35.8. The smallest absolute Gasteiger partial charge is 0.166 e. The van der Waals surface area contributed by atoms with Gasteiger partial charge in [-0.1, -0.05) is 115 Å². The van der Waals surface area contributed by atoms with Gasteiger partial charge >= 0.3 is 0 Å². The lowest BCUT2D eigenvalue weighted by Crippen LogP contribution is -2.81. The third kappa shape index (κ3) is 7.48. The highest BCUT2D eigenvalue weighted by Crippen LogP contribution is 2.63. The summed E-state index contributed by atoms with van der Waals surface area (Å²) in [5.41, 5.74) is 10.6. The minimum absolute atomic E-state index is 0.0709. The topological polar surface area (TPSA) is 84.9 Å². The van der Waals surface area contributed by atoms with Crippen molar-refractivity contribution in [2.75, 3.05) is 31.1 Å². The molecule has 2 aliphatic carbocycles. The van der Waals surface area contributed by atoms with Crippen LogP contribution in [0.2, 0.25) is 0 Å². The number of ether oxygens (including phenoxy) is 1. The van der Waals surface area contributed by atoms with Gasteiger partial charge in [0.25, 0.3) is 0 Å². The van der Waals surface area contributed by atoms with Crippen molar-refractivity contribution in [3.05, 3.63) is 173 Å². The standard InChI is InChI=1S/C60H65N9OS2/c1-5-22-44-40(16-1)31-34-61-56(44)57-54(47-33-36-63-65-64-47)55(46-24-13-29-52-58(46)72-51-28-10-9-27-50(51)71-52)60(53-30-11-12-39-70-53,66-37-14-20-42-18-3-7-25-48(42)66)68(59-45-23-6-2-17-41(45)32-35-62-59)69(57)67-38-15-21-43-19-4-8-26-49(43)67/h2-3,6-7,9-13,17-18,22-25,27-30,33,36,39-40,43,49,53,55-56,59,61-62H,1,4-5,8,14-16,19-21,26,31-32,34-35,37-38H2. The van der Waals surface area contributed by atoms with Crippen LogP contribution in [0.5, 0.6) is 0 Å². The van der Waals surface area contributed by atoms with E-state index in [1.165, 1.54) is 104 Å². The molecule has 7 aliphatic heterocycles. The molecule has 1 saturated carbocycles. The molecule has 4 aromatic carbocycles. The molecule has 0 amide bonds. The van der Waals surface area contributed by atoms with Gasteiger partial charge in [0, 0.05) is 56.5 Å². The van der Waals surface area contributed by atoms with Crippen molar-refractivity contribution in [3.8, 4) is 0 Å². The first-order valence-electron chi connectivity index (χ1n) is 27.2. The van der Waals surface area contributed by atoms with E-state index in [-0.39, 0.29) is 18.1 Å². The minimum atomic E-state index is -0.975. The Bertz CT molecular complexity index is 2980. The Balaban J connectivity index is 1.18. The fourth-order valence-electron chi connectivity index (χ4n) is 14.8. The summed E-state index contributed by atoms with van der Waals surface area (Å²) < 4.78 is 7.51. The largest absolute Gasteiger partial charge is 0.490 e. The zero-order chi connectivity index (χ0) is 47.6. The second-order valence-electron chi connectivity index (χ2n) is 21.4. The van der Waals surface area contributed by atoms with E-state index in [9.17, 15) is 0 Å². The predicted octanol–water partition coefficient (Wildman–Crippen LogP) is 11.6. The summed E-state index contributed by atoms with van der Waals surface area (Å²) >= 11 is 3.84. The van der Waals surface area contributed by atoms with Gasteiger partial charge in [-0.15, -0.1) is 10.2 Å². The SMILES string of the molecule is C1=COC(C2(N3CCCc4ccccc43)C(c3cccc4c3Sc3ccccc3S4)C(c3ccnnn3)=C(C3NCCC4CCCC=C43)N(N3CCCC4CCCCC43)N2C2NCCc3ccccc32)C=C1. The molecule has 0 radical (unpaired) electrons. The summed E-state index contributed by atoms with van der Waals surface area (Å²) in [5, 5.41) is 31.7. The van der Waals surface area contributed by atoms with Crippen LogP contribution in [0.15, 0.2) is 165 Å². The molecule has 8 unspecified atom stereocenters. The van der Waals surface area contributed by atoms with Crippen LogP contribution in [0, 0.1) is 11.8 Å². The molecule has 3 fully saturated rings. The van der Waals surface area contributed by atoms with Crippen LogP contribution in [-0.2, 0) is 17.6 Å². The van der Waals surface area contributed by atoms with Gasteiger partial charge in [-0.3, -0.25) is 5.32 Å². The normalized spacial score (nSPS) is 30.2. The Morgan fingerprint density at radius 3 is 2.43 bits per heavy atom. The number of allylic oxidation sites excluding steroid dienone is 3. The molecule has 8 atom stereocenters. The van der Waals surface area contributed by atoms with Crippen molar-refractivity contribution in [2.24, 2.45) is 11.8 Å². The number of nitrogens with one attached hydrogen (secondary N) is 2. The van der Waals surface area contributed by atoms with Gasteiger partial charge in [-0.25, -0.2) is 10.1 Å². The summed E-state index contributed by atoms with van der Waals surface area (Å²) in [6.07, 6.45) is 27.6. The summed E-state index contributed by atoms with van der Waals surface area (Å²) in [6, 6.07) is 37.2. The number of fused-ring (bicyclic) bond motifs is 6. The van der Waals surface area contributed by atoms with Crippen molar-refractivity contribution in [1.82, 2.24) is 41.2 Å². The summed E-state index contributed by atoms with van der Waals surface area (Å²) in [5.74, 6) is 0.769. The Kier molecular flexibility index (Phi) is 12.1. The predicted molar refractivity (Wildman–Crippen MR) is 287 cm³/mol. The van der Waals surface area contributed by atoms with Crippen LogP contribution in [0.3, 0.4) is 0 Å². The molecule has 2 saturated heterocycles. The molecule has 10 nitrogen and oxygen atoms in total. The Morgan fingerprint density at radius 1 is 0.694 bits per heavy atom. The lowest BCUT2D eigenvalue weighted by atomic mass is 9.68. The van der Waals surface area contributed by atoms with Gasteiger partial charge in [0.15, 0.2) is 11.8 Å². The molecule has 12 heteroatoms. The van der Waals surface area contributed by atoms with Gasteiger partial charge in [0.1, 0.15) is 6.17 Å².